The summed E-state index contributed by atoms with van der Waals surface area (Å²) in [7, 11) is 1.70. The van der Waals surface area contributed by atoms with Crippen LogP contribution in [0.3, 0.4) is 0 Å². The molecule has 5 heteroatoms. The smallest absolute Gasteiger partial charge is 0.299 e. The van der Waals surface area contributed by atoms with Gasteiger partial charge < -0.3 is 10.1 Å². The molecule has 0 saturated heterocycles. The van der Waals surface area contributed by atoms with Gasteiger partial charge in [0.25, 0.3) is 6.47 Å². The van der Waals surface area contributed by atoms with Crippen LogP contribution in [0, 0.1) is 13.8 Å². The zero-order valence-electron chi connectivity index (χ0n) is 7.79. The number of carbonyl (C=O) groups excluding carboxylic acids is 1. The highest BCUT2D eigenvalue weighted by molar-refractivity contribution is 5.47. The maximum absolute atomic E-state index is 10.1. The van der Waals surface area contributed by atoms with Gasteiger partial charge in [0.2, 0.25) is 11.8 Å². The normalized spacial score (nSPS) is 9.46. The molecule has 1 heterocycles. The van der Waals surface area contributed by atoms with Crippen molar-refractivity contribution in [2.45, 2.75) is 13.8 Å². The molecule has 0 aliphatic heterocycles. The number of anilines is 1. The molecule has 0 amide bonds. The number of nitrogens with zero attached hydrogens (tertiary/aromatic N) is 2. The van der Waals surface area contributed by atoms with Crippen LogP contribution in [0.15, 0.2) is 0 Å². The summed E-state index contributed by atoms with van der Waals surface area (Å²) in [5.74, 6) is 0.742. The van der Waals surface area contributed by atoms with E-state index in [1.165, 1.54) is 0 Å². The largest absolute Gasteiger partial charge is 0.409 e. The van der Waals surface area contributed by atoms with E-state index in [0.29, 0.717) is 18.3 Å². The maximum atomic E-state index is 10.1. The molecule has 0 fully saturated rings. The van der Waals surface area contributed by atoms with Gasteiger partial charge in [-0.05, 0) is 13.8 Å². The number of rotatable bonds is 3. The summed E-state index contributed by atoms with van der Waals surface area (Å²) >= 11 is 0. The molecule has 70 valence electrons. The first-order valence-electron chi connectivity index (χ1n) is 3.82. The number of carbonyl (C=O) groups is 1. The zero-order chi connectivity index (χ0) is 9.84. The van der Waals surface area contributed by atoms with E-state index in [2.05, 4.69) is 20.0 Å². The fraction of sp³-hybridized carbons (Fsp3) is 0.375. The van der Waals surface area contributed by atoms with Crippen LogP contribution >= 0.6 is 0 Å². The minimum Gasteiger partial charge on any atom is -0.409 e. The third kappa shape index (κ3) is 1.93. The summed E-state index contributed by atoms with van der Waals surface area (Å²) in [5.41, 5.74) is 1.56. The van der Waals surface area contributed by atoms with Gasteiger partial charge in [0.1, 0.15) is 0 Å². The Kier molecular flexibility index (Phi) is 2.79. The van der Waals surface area contributed by atoms with Crippen molar-refractivity contribution in [3.63, 3.8) is 0 Å². The average Bonchev–Trinajstić information content (AvgIpc) is 2.13. The number of ether oxygens (including phenoxy) is 1. The molecule has 1 rings (SSSR count). The Morgan fingerprint density at radius 2 is 2.08 bits per heavy atom. The Labute approximate surface area is 76.2 Å². The van der Waals surface area contributed by atoms with Crippen molar-refractivity contribution in [2.24, 2.45) is 0 Å². The van der Waals surface area contributed by atoms with E-state index < -0.39 is 0 Å². The zero-order valence-corrected chi connectivity index (χ0v) is 7.79. The van der Waals surface area contributed by atoms with Crippen molar-refractivity contribution in [3.8, 4) is 5.88 Å². The molecule has 0 spiro atoms. The van der Waals surface area contributed by atoms with Crippen LogP contribution in [0.5, 0.6) is 5.88 Å². The summed E-state index contributed by atoms with van der Waals surface area (Å²) in [5, 5.41) is 2.78. The van der Waals surface area contributed by atoms with Crippen LogP contribution in [0.25, 0.3) is 0 Å². The lowest BCUT2D eigenvalue weighted by molar-refractivity contribution is -0.121. The minimum atomic E-state index is 0.298. The number of hydrogen-bond donors (Lipinski definition) is 1. The third-order valence-electron chi connectivity index (χ3n) is 1.73. The van der Waals surface area contributed by atoms with Crippen LogP contribution in [0.2, 0.25) is 0 Å². The fourth-order valence-electron chi connectivity index (χ4n) is 0.875. The number of hydrogen-bond acceptors (Lipinski definition) is 5. The fourth-order valence-corrected chi connectivity index (χ4v) is 0.875. The molecule has 0 aromatic carbocycles. The lowest BCUT2D eigenvalue weighted by atomic mass is 10.3. The summed E-state index contributed by atoms with van der Waals surface area (Å²) < 4.78 is 4.69. The van der Waals surface area contributed by atoms with E-state index in [9.17, 15) is 4.79 Å². The molecule has 0 aliphatic carbocycles. The van der Waals surface area contributed by atoms with Crippen LogP contribution in [-0.2, 0) is 4.79 Å². The van der Waals surface area contributed by atoms with Crippen LogP contribution < -0.4 is 10.1 Å². The summed E-state index contributed by atoms with van der Waals surface area (Å²) in [4.78, 5) is 18.2. The van der Waals surface area contributed by atoms with Gasteiger partial charge in [-0.1, -0.05) is 0 Å². The lowest BCUT2D eigenvalue weighted by Gasteiger charge is -2.06. The molecule has 0 aliphatic rings. The van der Waals surface area contributed by atoms with Crippen molar-refractivity contribution in [2.75, 3.05) is 12.4 Å². The van der Waals surface area contributed by atoms with Gasteiger partial charge in [0.15, 0.2) is 0 Å². The van der Waals surface area contributed by atoms with Crippen molar-refractivity contribution in [1.82, 2.24) is 9.97 Å². The molecule has 0 radical (unpaired) electrons. The van der Waals surface area contributed by atoms with Gasteiger partial charge in [-0.15, -0.1) is 0 Å². The van der Waals surface area contributed by atoms with Crippen molar-refractivity contribution < 1.29 is 9.53 Å². The first-order valence-corrected chi connectivity index (χ1v) is 3.82. The van der Waals surface area contributed by atoms with Gasteiger partial charge in [0.05, 0.1) is 0 Å². The van der Waals surface area contributed by atoms with Gasteiger partial charge in [-0.3, -0.25) is 4.79 Å². The van der Waals surface area contributed by atoms with E-state index in [1.54, 1.807) is 14.0 Å². The highest BCUT2D eigenvalue weighted by Crippen LogP contribution is 2.18. The van der Waals surface area contributed by atoms with Gasteiger partial charge in [0, 0.05) is 18.3 Å². The summed E-state index contributed by atoms with van der Waals surface area (Å²) in [6.45, 7) is 3.98. The Hall–Kier alpha value is -1.65. The van der Waals surface area contributed by atoms with Crippen molar-refractivity contribution in [3.05, 3.63) is 11.3 Å². The molecule has 1 aromatic heterocycles. The number of aromatic nitrogens is 2. The molecule has 0 bridgehead atoms. The molecule has 0 saturated carbocycles. The first kappa shape index (κ1) is 9.44. The Morgan fingerprint density at radius 1 is 1.38 bits per heavy atom. The second-order valence-corrected chi connectivity index (χ2v) is 2.53. The average molecular weight is 181 g/mol. The maximum Gasteiger partial charge on any atom is 0.299 e. The van der Waals surface area contributed by atoms with Crippen LogP contribution in [-0.4, -0.2) is 23.5 Å². The predicted octanol–water partition coefficient (Wildman–Crippen LogP) is 0.670. The summed E-state index contributed by atoms with van der Waals surface area (Å²) in [6.07, 6.45) is 0. The molecule has 1 N–H and O–H groups in total. The third-order valence-corrected chi connectivity index (χ3v) is 1.73. The Balaban J connectivity index is 3.15. The van der Waals surface area contributed by atoms with Gasteiger partial charge >= 0.3 is 0 Å². The van der Waals surface area contributed by atoms with Crippen LogP contribution in [0.1, 0.15) is 11.3 Å². The van der Waals surface area contributed by atoms with E-state index in [4.69, 9.17) is 0 Å². The van der Waals surface area contributed by atoms with Crippen molar-refractivity contribution in [1.29, 1.82) is 0 Å². The minimum absolute atomic E-state index is 0.298. The SMILES string of the molecule is CNc1nc(C)c(C)c(OC=O)n1. The predicted molar refractivity (Wildman–Crippen MR) is 47.7 cm³/mol. The first-order chi connectivity index (χ1) is 6.19. The molecule has 13 heavy (non-hydrogen) atoms. The Morgan fingerprint density at radius 3 is 2.62 bits per heavy atom. The highest BCUT2D eigenvalue weighted by atomic mass is 16.5. The number of nitrogens with one attached hydrogen (secondary N) is 1. The molecular formula is C8H11N3O2. The standard InChI is InChI=1S/C8H11N3O2/c1-5-6(2)10-8(9-3)11-7(5)13-4-12/h4H,1-3H3,(H,9,10,11). The topological polar surface area (TPSA) is 64.1 Å². The van der Waals surface area contributed by atoms with Crippen LogP contribution in [0.4, 0.5) is 5.95 Å². The lowest BCUT2D eigenvalue weighted by Crippen LogP contribution is -2.04. The van der Waals surface area contributed by atoms with Gasteiger partial charge in [-0.25, -0.2) is 4.98 Å². The van der Waals surface area contributed by atoms with E-state index >= 15 is 0 Å². The van der Waals surface area contributed by atoms with E-state index in [-0.39, 0.29) is 0 Å². The second kappa shape index (κ2) is 3.84. The Bertz CT molecular complexity index is 325. The highest BCUT2D eigenvalue weighted by Gasteiger charge is 2.07. The number of aryl methyl sites for hydroxylation is 1. The quantitative estimate of drug-likeness (QED) is 0.694. The van der Waals surface area contributed by atoms with E-state index in [0.717, 1.165) is 11.3 Å². The monoisotopic (exact) mass is 181 g/mol. The van der Waals surface area contributed by atoms with Gasteiger partial charge in [-0.2, -0.15) is 4.98 Å². The molecule has 5 nitrogen and oxygen atoms in total. The molecular weight excluding hydrogens is 170 g/mol. The molecule has 0 atom stereocenters. The molecule has 1 aromatic rings. The van der Waals surface area contributed by atoms with E-state index in [1.807, 2.05) is 6.92 Å². The van der Waals surface area contributed by atoms with Crippen molar-refractivity contribution >= 4 is 12.4 Å². The second-order valence-electron chi connectivity index (χ2n) is 2.53. The molecule has 0 unspecified atom stereocenters. The summed E-state index contributed by atoms with van der Waals surface area (Å²) in [6, 6.07) is 0.